The van der Waals surface area contributed by atoms with Gasteiger partial charge in [0.15, 0.2) is 0 Å². The molecule has 2 aromatic rings. The molecule has 1 fully saturated rings. The van der Waals surface area contributed by atoms with E-state index in [1.54, 1.807) is 4.90 Å². The molecule has 1 amide bonds. The molecule has 1 aliphatic heterocycles. The number of aliphatic hydroxyl groups excluding tert-OH is 1. The van der Waals surface area contributed by atoms with Gasteiger partial charge < -0.3 is 14.7 Å². The third-order valence-corrected chi connectivity index (χ3v) is 5.01. The summed E-state index contributed by atoms with van der Waals surface area (Å²) in [4.78, 5) is 13.8. The first-order valence-electron chi connectivity index (χ1n) is 9.15. The fourth-order valence-corrected chi connectivity index (χ4v) is 3.16. The van der Waals surface area contributed by atoms with Crippen LogP contribution in [0.2, 0.25) is 0 Å². The van der Waals surface area contributed by atoms with Crippen LogP contribution in [0, 0.1) is 11.6 Å². The lowest BCUT2D eigenvalue weighted by Gasteiger charge is -2.35. The van der Waals surface area contributed by atoms with Crippen molar-refractivity contribution in [2.45, 2.75) is 38.3 Å². The van der Waals surface area contributed by atoms with E-state index in [-0.39, 0.29) is 24.8 Å². The minimum absolute atomic E-state index is 0.00870. The molecule has 2 atom stereocenters. The fourth-order valence-electron chi connectivity index (χ4n) is 2.90. The number of halogens is 3. The molecule has 1 saturated heterocycles. The monoisotopic (exact) mass is 455 g/mol. The van der Waals surface area contributed by atoms with E-state index in [1.807, 2.05) is 31.2 Å². The maximum absolute atomic E-state index is 12.1. The summed E-state index contributed by atoms with van der Waals surface area (Å²) >= 11 is 3.41. The lowest BCUT2D eigenvalue weighted by molar-refractivity contribution is 0.00760. The quantitative estimate of drug-likeness (QED) is 0.651. The van der Waals surface area contributed by atoms with Gasteiger partial charge in [-0.05, 0) is 49.6 Å². The second kappa shape index (κ2) is 11.1. The summed E-state index contributed by atoms with van der Waals surface area (Å²) in [6, 6.07) is 12.5. The second-order valence-electron chi connectivity index (χ2n) is 6.52. The van der Waals surface area contributed by atoms with E-state index in [9.17, 15) is 13.6 Å². The van der Waals surface area contributed by atoms with Gasteiger partial charge in [-0.15, -0.1) is 0 Å². The van der Waals surface area contributed by atoms with Crippen LogP contribution in [0.5, 0.6) is 0 Å². The van der Waals surface area contributed by atoms with Gasteiger partial charge in [-0.2, -0.15) is 0 Å². The van der Waals surface area contributed by atoms with Crippen molar-refractivity contribution in [3.63, 3.8) is 0 Å². The Morgan fingerprint density at radius 1 is 1.21 bits per heavy atom. The van der Waals surface area contributed by atoms with E-state index in [4.69, 9.17) is 9.84 Å². The second-order valence-corrected chi connectivity index (χ2v) is 7.44. The lowest BCUT2D eigenvalue weighted by atomic mass is 10.0. The molecule has 0 radical (unpaired) electrons. The molecule has 2 unspecified atom stereocenters. The average molecular weight is 456 g/mol. The molecule has 3 rings (SSSR count). The normalized spacial score (nSPS) is 17.4. The Balaban J connectivity index is 0.000000292. The number of amides is 1. The van der Waals surface area contributed by atoms with Gasteiger partial charge >= 0.3 is 6.09 Å². The van der Waals surface area contributed by atoms with Crippen LogP contribution in [-0.4, -0.2) is 35.4 Å². The highest BCUT2D eigenvalue weighted by molar-refractivity contribution is 9.10. The van der Waals surface area contributed by atoms with Crippen molar-refractivity contribution in [1.29, 1.82) is 0 Å². The molecular weight excluding hydrogens is 432 g/mol. The summed E-state index contributed by atoms with van der Waals surface area (Å²) in [6.45, 7) is 2.86. The van der Waals surface area contributed by atoms with Crippen LogP contribution >= 0.6 is 15.9 Å². The Labute approximate surface area is 172 Å². The van der Waals surface area contributed by atoms with E-state index in [0.29, 0.717) is 13.0 Å². The first-order valence-corrected chi connectivity index (χ1v) is 9.94. The van der Waals surface area contributed by atoms with Crippen molar-refractivity contribution in [2.75, 3.05) is 13.2 Å². The van der Waals surface area contributed by atoms with Gasteiger partial charge in [0.2, 0.25) is 0 Å². The number of carbonyl (C=O) groups excluding carboxylic acids is 1. The van der Waals surface area contributed by atoms with Crippen molar-refractivity contribution >= 4 is 22.0 Å². The van der Waals surface area contributed by atoms with Crippen LogP contribution in [0.1, 0.15) is 37.8 Å². The third kappa shape index (κ3) is 6.87. The minimum Gasteiger partial charge on any atom is -0.446 e. The summed E-state index contributed by atoms with van der Waals surface area (Å²) in [5.41, 5.74) is 1.10. The zero-order valence-corrected chi connectivity index (χ0v) is 17.2. The van der Waals surface area contributed by atoms with Gasteiger partial charge in [0.05, 0.1) is 6.04 Å². The summed E-state index contributed by atoms with van der Waals surface area (Å²) in [7, 11) is 0. The third-order valence-electron chi connectivity index (χ3n) is 4.48. The number of rotatable bonds is 5. The Hall–Kier alpha value is -1.99. The van der Waals surface area contributed by atoms with E-state index >= 15 is 0 Å². The highest BCUT2D eigenvalue weighted by Crippen LogP contribution is 2.27. The average Bonchev–Trinajstić information content (AvgIpc) is 2.67. The predicted octanol–water partition coefficient (Wildman–Crippen LogP) is 5.46. The largest absolute Gasteiger partial charge is 0.446 e. The van der Waals surface area contributed by atoms with Gasteiger partial charge in [-0.3, -0.25) is 0 Å². The van der Waals surface area contributed by atoms with Gasteiger partial charge in [0, 0.05) is 30.1 Å². The number of hydrogen-bond donors (Lipinski definition) is 1. The fraction of sp³-hybridized carbons (Fsp3) is 0.381. The molecule has 4 nitrogen and oxygen atoms in total. The molecule has 0 spiro atoms. The van der Waals surface area contributed by atoms with Crippen molar-refractivity contribution < 1.29 is 23.4 Å². The number of hydrogen-bond acceptors (Lipinski definition) is 3. The molecule has 0 saturated carbocycles. The van der Waals surface area contributed by atoms with E-state index in [2.05, 4.69) is 15.9 Å². The van der Waals surface area contributed by atoms with Crippen LogP contribution in [0.15, 0.2) is 53.0 Å². The van der Waals surface area contributed by atoms with Crippen LogP contribution in [0.25, 0.3) is 0 Å². The topological polar surface area (TPSA) is 49.8 Å². The SMILES string of the molecule is CC(c1ccc(Br)cc1)N1CCC(CCCO)OC1=O.Fc1cccc(F)c1. The molecule has 1 N–H and O–H groups in total. The summed E-state index contributed by atoms with van der Waals surface area (Å²) in [5.74, 6) is -1.07. The first-order chi connectivity index (χ1) is 13.4. The number of nitrogens with zero attached hydrogens (tertiary/aromatic N) is 1. The maximum Gasteiger partial charge on any atom is 0.410 e. The zero-order chi connectivity index (χ0) is 20.5. The summed E-state index contributed by atoms with van der Waals surface area (Å²) in [6.07, 6.45) is 1.94. The summed E-state index contributed by atoms with van der Waals surface area (Å²) in [5, 5.41) is 8.82. The standard InChI is InChI=1S/C15H20BrNO3.C6H4F2/c1-11(12-4-6-13(16)7-5-12)17-9-8-14(3-2-10-18)20-15(17)19;7-5-2-1-3-6(8)4-5/h4-7,11,14,18H,2-3,8-10H2,1H3;1-4H. The predicted molar refractivity (Wildman–Crippen MR) is 107 cm³/mol. The number of carbonyl (C=O) groups is 1. The van der Waals surface area contributed by atoms with Crippen LogP contribution in [0.3, 0.4) is 0 Å². The maximum atomic E-state index is 12.1. The van der Waals surface area contributed by atoms with E-state index in [0.717, 1.165) is 28.9 Å². The molecule has 7 heteroatoms. The molecule has 1 heterocycles. The molecule has 1 aliphatic rings. The van der Waals surface area contributed by atoms with Crippen LogP contribution < -0.4 is 0 Å². The molecule has 0 aliphatic carbocycles. The number of cyclic esters (lactones) is 1. The molecule has 2 aromatic carbocycles. The van der Waals surface area contributed by atoms with Crippen molar-refractivity contribution in [1.82, 2.24) is 4.90 Å². The molecule has 0 aromatic heterocycles. The van der Waals surface area contributed by atoms with Crippen LogP contribution in [-0.2, 0) is 4.74 Å². The van der Waals surface area contributed by atoms with Crippen molar-refractivity contribution in [3.8, 4) is 0 Å². The Kier molecular flexibility index (Phi) is 8.86. The van der Waals surface area contributed by atoms with E-state index < -0.39 is 11.6 Å². The van der Waals surface area contributed by atoms with E-state index in [1.165, 1.54) is 18.2 Å². The van der Waals surface area contributed by atoms with Gasteiger partial charge in [-0.1, -0.05) is 34.1 Å². The first kappa shape index (κ1) is 22.3. The van der Waals surface area contributed by atoms with Crippen molar-refractivity contribution in [2.24, 2.45) is 0 Å². The van der Waals surface area contributed by atoms with Crippen molar-refractivity contribution in [3.05, 3.63) is 70.2 Å². The Morgan fingerprint density at radius 2 is 1.86 bits per heavy atom. The number of ether oxygens (including phenoxy) is 1. The summed E-state index contributed by atoms with van der Waals surface area (Å²) < 4.78 is 30.3. The molecule has 152 valence electrons. The molecular formula is C21H24BrF2NO3. The highest BCUT2D eigenvalue weighted by Gasteiger charge is 2.30. The Bertz CT molecular complexity index is 740. The Morgan fingerprint density at radius 3 is 2.36 bits per heavy atom. The number of aliphatic hydroxyl groups is 1. The molecule has 28 heavy (non-hydrogen) atoms. The van der Waals surface area contributed by atoms with Gasteiger partial charge in [-0.25, -0.2) is 13.6 Å². The van der Waals surface area contributed by atoms with Gasteiger partial charge in [0.25, 0.3) is 0 Å². The minimum atomic E-state index is -0.537. The lowest BCUT2D eigenvalue weighted by Crippen LogP contribution is -2.43. The van der Waals surface area contributed by atoms with Crippen LogP contribution in [0.4, 0.5) is 13.6 Å². The van der Waals surface area contributed by atoms with Gasteiger partial charge in [0.1, 0.15) is 17.7 Å². The zero-order valence-electron chi connectivity index (χ0n) is 15.7. The molecule has 0 bridgehead atoms. The smallest absolute Gasteiger partial charge is 0.410 e. The number of benzene rings is 2. The highest BCUT2D eigenvalue weighted by atomic mass is 79.9.